The molecule has 23 heavy (non-hydrogen) atoms. The molecule has 1 aromatic heterocycles. The average molecular weight is 362 g/mol. The fourth-order valence-corrected chi connectivity index (χ4v) is 3.88. The zero-order valence-electron chi connectivity index (χ0n) is 14.3. The Balaban J connectivity index is 2.46. The minimum Gasteiger partial charge on any atom is -0.369 e. The molecule has 8 heteroatoms. The van der Waals surface area contributed by atoms with Crippen LogP contribution in [0, 0.1) is 0 Å². The topological polar surface area (TPSA) is 72.4 Å². The Labute approximate surface area is 143 Å². The van der Waals surface area contributed by atoms with Crippen molar-refractivity contribution in [3.05, 3.63) is 16.5 Å². The molecule has 1 aliphatic heterocycles. The van der Waals surface area contributed by atoms with E-state index >= 15 is 0 Å². The Morgan fingerprint density at radius 1 is 1.39 bits per heavy atom. The Hall–Kier alpha value is -0.920. The lowest BCUT2D eigenvalue weighted by Gasteiger charge is -2.42. The number of aromatic nitrogens is 2. The molecule has 1 aromatic rings. The zero-order valence-corrected chi connectivity index (χ0v) is 15.8. The number of anilines is 1. The standard InChI is InChI=1S/C15H24ClN3O3S/c1-6-11-13(16)17-12(8-23(5,20)21)18-14(11)19-7-10(2)22-15(3,4)9-19/h10H,6-9H2,1-5H3/t10-/m1/s1. The van der Waals surface area contributed by atoms with Gasteiger partial charge in [0.15, 0.2) is 9.84 Å². The van der Waals surface area contributed by atoms with Gasteiger partial charge in [0, 0.05) is 24.9 Å². The second-order valence-electron chi connectivity index (χ2n) is 6.73. The van der Waals surface area contributed by atoms with Crippen molar-refractivity contribution < 1.29 is 13.2 Å². The number of ether oxygens (including phenoxy) is 1. The van der Waals surface area contributed by atoms with Gasteiger partial charge in [0.25, 0.3) is 0 Å². The van der Waals surface area contributed by atoms with Crippen LogP contribution >= 0.6 is 11.6 Å². The molecule has 0 saturated carbocycles. The minimum absolute atomic E-state index is 0.0514. The number of halogens is 1. The highest BCUT2D eigenvalue weighted by atomic mass is 35.5. The number of nitrogens with zero attached hydrogens (tertiary/aromatic N) is 3. The second-order valence-corrected chi connectivity index (χ2v) is 9.22. The van der Waals surface area contributed by atoms with E-state index in [1.807, 2.05) is 27.7 Å². The van der Waals surface area contributed by atoms with Crippen LogP contribution in [0.2, 0.25) is 5.15 Å². The van der Waals surface area contributed by atoms with E-state index in [4.69, 9.17) is 16.3 Å². The van der Waals surface area contributed by atoms with Crippen LogP contribution in [0.3, 0.4) is 0 Å². The first-order chi connectivity index (χ1) is 10.5. The van der Waals surface area contributed by atoms with Gasteiger partial charge in [-0.05, 0) is 27.2 Å². The highest BCUT2D eigenvalue weighted by molar-refractivity contribution is 7.89. The van der Waals surface area contributed by atoms with Gasteiger partial charge in [0.1, 0.15) is 22.5 Å². The molecule has 0 bridgehead atoms. The largest absolute Gasteiger partial charge is 0.369 e. The van der Waals surface area contributed by atoms with E-state index in [1.54, 1.807) is 0 Å². The Morgan fingerprint density at radius 3 is 2.57 bits per heavy atom. The van der Waals surface area contributed by atoms with E-state index in [0.717, 1.165) is 17.6 Å². The van der Waals surface area contributed by atoms with E-state index in [1.165, 1.54) is 0 Å². The molecule has 0 amide bonds. The average Bonchev–Trinajstić information content (AvgIpc) is 2.33. The van der Waals surface area contributed by atoms with Gasteiger partial charge in [-0.25, -0.2) is 18.4 Å². The molecule has 2 rings (SSSR count). The highest BCUT2D eigenvalue weighted by Crippen LogP contribution is 2.30. The van der Waals surface area contributed by atoms with Crippen LogP contribution in [0.15, 0.2) is 0 Å². The van der Waals surface area contributed by atoms with Gasteiger partial charge in [-0.15, -0.1) is 0 Å². The molecule has 0 N–H and O–H groups in total. The summed E-state index contributed by atoms with van der Waals surface area (Å²) in [6.07, 6.45) is 1.90. The smallest absolute Gasteiger partial charge is 0.154 e. The van der Waals surface area contributed by atoms with E-state index < -0.39 is 9.84 Å². The summed E-state index contributed by atoms with van der Waals surface area (Å²) in [6.45, 7) is 9.40. The van der Waals surface area contributed by atoms with E-state index in [9.17, 15) is 8.42 Å². The first kappa shape index (κ1) is 18.4. The summed E-state index contributed by atoms with van der Waals surface area (Å²) in [7, 11) is -3.22. The Bertz CT molecular complexity index is 691. The van der Waals surface area contributed by atoms with Gasteiger partial charge >= 0.3 is 0 Å². The Kier molecular flexibility index (Phi) is 5.23. The molecule has 2 heterocycles. The number of hydrogen-bond acceptors (Lipinski definition) is 6. The summed E-state index contributed by atoms with van der Waals surface area (Å²) in [6, 6.07) is 0. The third kappa shape index (κ3) is 4.78. The number of hydrogen-bond donors (Lipinski definition) is 0. The number of morpholine rings is 1. The van der Waals surface area contributed by atoms with E-state index in [2.05, 4.69) is 14.9 Å². The second kappa shape index (κ2) is 6.53. The highest BCUT2D eigenvalue weighted by Gasteiger charge is 2.33. The zero-order chi connectivity index (χ0) is 17.4. The summed E-state index contributed by atoms with van der Waals surface area (Å²) >= 11 is 6.29. The quantitative estimate of drug-likeness (QED) is 0.766. The van der Waals surface area contributed by atoms with Gasteiger partial charge in [-0.3, -0.25) is 0 Å². The van der Waals surface area contributed by atoms with Gasteiger partial charge in [0.05, 0.1) is 11.7 Å². The van der Waals surface area contributed by atoms with E-state index in [-0.39, 0.29) is 23.3 Å². The monoisotopic (exact) mass is 361 g/mol. The molecular weight excluding hydrogens is 338 g/mol. The number of sulfone groups is 1. The molecular formula is C15H24ClN3O3S. The lowest BCUT2D eigenvalue weighted by atomic mass is 10.0. The summed E-state index contributed by atoms with van der Waals surface area (Å²) in [5.41, 5.74) is 0.533. The molecule has 0 aliphatic carbocycles. The Morgan fingerprint density at radius 2 is 2.04 bits per heavy atom. The molecule has 0 unspecified atom stereocenters. The molecule has 0 spiro atoms. The van der Waals surface area contributed by atoms with Gasteiger partial charge in [-0.2, -0.15) is 0 Å². The molecule has 1 aliphatic rings. The molecule has 1 fully saturated rings. The third-order valence-corrected chi connectivity index (χ3v) is 4.69. The molecule has 1 atom stereocenters. The molecule has 0 radical (unpaired) electrons. The maximum Gasteiger partial charge on any atom is 0.154 e. The van der Waals surface area contributed by atoms with Crippen LogP contribution in [0.5, 0.6) is 0 Å². The van der Waals surface area contributed by atoms with Crippen LogP contribution in [0.1, 0.15) is 39.1 Å². The van der Waals surface area contributed by atoms with Crippen LogP contribution < -0.4 is 4.90 Å². The van der Waals surface area contributed by atoms with Crippen molar-refractivity contribution in [2.75, 3.05) is 24.2 Å². The molecule has 0 aromatic carbocycles. The molecule has 6 nitrogen and oxygen atoms in total. The van der Waals surface area contributed by atoms with Crippen molar-refractivity contribution in [1.82, 2.24) is 9.97 Å². The van der Waals surface area contributed by atoms with Gasteiger partial charge in [0.2, 0.25) is 0 Å². The van der Waals surface area contributed by atoms with Crippen LogP contribution in [0.4, 0.5) is 5.82 Å². The third-order valence-electron chi connectivity index (χ3n) is 3.59. The van der Waals surface area contributed by atoms with Crippen molar-refractivity contribution >= 4 is 27.3 Å². The lowest BCUT2D eigenvalue weighted by molar-refractivity contribution is -0.0752. The summed E-state index contributed by atoms with van der Waals surface area (Å²) in [5, 5.41) is 0.327. The maximum absolute atomic E-state index is 11.6. The van der Waals surface area contributed by atoms with Crippen molar-refractivity contribution in [3.63, 3.8) is 0 Å². The molecule has 130 valence electrons. The van der Waals surface area contributed by atoms with Crippen molar-refractivity contribution in [2.24, 2.45) is 0 Å². The van der Waals surface area contributed by atoms with Crippen LogP contribution in [-0.2, 0) is 26.7 Å². The van der Waals surface area contributed by atoms with Crippen LogP contribution in [0.25, 0.3) is 0 Å². The normalized spacial score (nSPS) is 21.5. The van der Waals surface area contributed by atoms with Crippen molar-refractivity contribution in [2.45, 2.75) is 51.6 Å². The molecule has 1 saturated heterocycles. The van der Waals surface area contributed by atoms with Crippen LogP contribution in [-0.4, -0.2) is 49.4 Å². The fourth-order valence-electron chi connectivity index (χ4n) is 2.97. The number of rotatable bonds is 4. The van der Waals surface area contributed by atoms with E-state index in [0.29, 0.717) is 24.7 Å². The fraction of sp³-hybridized carbons (Fsp3) is 0.733. The maximum atomic E-state index is 11.6. The van der Waals surface area contributed by atoms with Crippen molar-refractivity contribution in [1.29, 1.82) is 0 Å². The van der Waals surface area contributed by atoms with Gasteiger partial charge < -0.3 is 9.64 Å². The van der Waals surface area contributed by atoms with Crippen molar-refractivity contribution in [3.8, 4) is 0 Å². The lowest BCUT2D eigenvalue weighted by Crippen LogP contribution is -2.52. The van der Waals surface area contributed by atoms with Gasteiger partial charge in [-0.1, -0.05) is 18.5 Å². The predicted molar refractivity (Wildman–Crippen MR) is 91.8 cm³/mol. The summed E-state index contributed by atoms with van der Waals surface area (Å²) in [4.78, 5) is 10.8. The first-order valence-electron chi connectivity index (χ1n) is 7.66. The minimum atomic E-state index is -3.22. The SMILES string of the molecule is CCc1c(Cl)nc(CS(C)(=O)=O)nc1N1C[C@@H](C)OC(C)(C)C1. The predicted octanol–water partition coefficient (Wildman–Crippen LogP) is 2.24. The first-order valence-corrected chi connectivity index (χ1v) is 10.1. The summed E-state index contributed by atoms with van der Waals surface area (Å²) < 4.78 is 29.0. The summed E-state index contributed by atoms with van der Waals surface area (Å²) in [5.74, 6) is 0.739.